The van der Waals surface area contributed by atoms with Gasteiger partial charge in [-0.05, 0) is 38.7 Å². The second-order valence-corrected chi connectivity index (χ2v) is 6.27. The minimum Gasteiger partial charge on any atom is -0.381 e. The third-order valence-electron chi connectivity index (χ3n) is 4.63. The zero-order valence-corrected chi connectivity index (χ0v) is 14.5. The van der Waals surface area contributed by atoms with Crippen LogP contribution in [0.3, 0.4) is 0 Å². The molecule has 2 aromatic rings. The lowest BCUT2D eigenvalue weighted by atomic mass is 9.91. The van der Waals surface area contributed by atoms with E-state index in [0.29, 0.717) is 11.6 Å². The molecular formula is C17H25N5O2. The number of carbonyl (C=O) groups excluding carboxylic acids is 1. The van der Waals surface area contributed by atoms with Gasteiger partial charge in [0.25, 0.3) is 5.91 Å². The highest BCUT2D eigenvalue weighted by molar-refractivity contribution is 5.92. The van der Waals surface area contributed by atoms with Gasteiger partial charge in [0.1, 0.15) is 11.5 Å². The molecule has 1 aliphatic rings. The molecular weight excluding hydrogens is 306 g/mol. The molecule has 0 saturated carbocycles. The Kier molecular flexibility index (Phi) is 4.99. The molecule has 1 atom stereocenters. The molecule has 0 bridgehead atoms. The van der Waals surface area contributed by atoms with Crippen LogP contribution in [0, 0.1) is 12.8 Å². The van der Waals surface area contributed by atoms with E-state index in [2.05, 4.69) is 26.9 Å². The van der Waals surface area contributed by atoms with Gasteiger partial charge in [-0.15, -0.1) is 0 Å². The molecule has 2 aromatic heterocycles. The van der Waals surface area contributed by atoms with Crippen molar-refractivity contribution in [2.45, 2.75) is 39.3 Å². The molecule has 1 fully saturated rings. The molecule has 1 unspecified atom stereocenters. The van der Waals surface area contributed by atoms with Crippen LogP contribution in [0.15, 0.2) is 18.5 Å². The number of carbonyl (C=O) groups is 1. The summed E-state index contributed by atoms with van der Waals surface area (Å²) >= 11 is 0. The summed E-state index contributed by atoms with van der Waals surface area (Å²) in [6, 6.07) is 1.69. The SMILES string of the molecule is CCn1ccnc1C(NC(=O)c1cc(C)nn1C)C1CCOCC1. The van der Waals surface area contributed by atoms with Gasteiger partial charge in [-0.25, -0.2) is 4.98 Å². The van der Waals surface area contributed by atoms with Crippen molar-refractivity contribution in [2.75, 3.05) is 13.2 Å². The number of rotatable bonds is 5. The van der Waals surface area contributed by atoms with E-state index >= 15 is 0 Å². The van der Waals surface area contributed by atoms with Crippen LogP contribution in [0.1, 0.15) is 47.8 Å². The first-order valence-electron chi connectivity index (χ1n) is 8.50. The predicted molar refractivity (Wildman–Crippen MR) is 89.6 cm³/mol. The Morgan fingerprint density at radius 1 is 1.46 bits per heavy atom. The van der Waals surface area contributed by atoms with E-state index < -0.39 is 0 Å². The fourth-order valence-electron chi connectivity index (χ4n) is 3.35. The van der Waals surface area contributed by atoms with Crippen LogP contribution in [-0.2, 0) is 18.3 Å². The number of hydrogen-bond donors (Lipinski definition) is 1. The summed E-state index contributed by atoms with van der Waals surface area (Å²) < 4.78 is 9.20. The van der Waals surface area contributed by atoms with Crippen molar-refractivity contribution in [1.29, 1.82) is 0 Å². The summed E-state index contributed by atoms with van der Waals surface area (Å²) in [5.74, 6) is 1.13. The van der Waals surface area contributed by atoms with Crippen molar-refractivity contribution in [1.82, 2.24) is 24.6 Å². The first kappa shape index (κ1) is 16.7. The Morgan fingerprint density at radius 3 is 2.83 bits per heavy atom. The Morgan fingerprint density at radius 2 is 2.21 bits per heavy atom. The predicted octanol–water partition coefficient (Wildman–Crippen LogP) is 1.84. The van der Waals surface area contributed by atoms with Gasteiger partial charge in [0, 0.05) is 39.2 Å². The number of amides is 1. The normalized spacial score (nSPS) is 17.0. The summed E-state index contributed by atoms with van der Waals surface area (Å²) in [6.45, 7) is 6.26. The summed E-state index contributed by atoms with van der Waals surface area (Å²) in [6.07, 6.45) is 5.60. The van der Waals surface area contributed by atoms with Gasteiger partial charge in [0.2, 0.25) is 0 Å². The molecule has 0 aromatic carbocycles. The molecule has 0 radical (unpaired) electrons. The molecule has 24 heavy (non-hydrogen) atoms. The van der Waals surface area contributed by atoms with Crippen LogP contribution in [0.25, 0.3) is 0 Å². The van der Waals surface area contributed by atoms with E-state index in [-0.39, 0.29) is 11.9 Å². The summed E-state index contributed by atoms with van der Waals surface area (Å²) in [5, 5.41) is 7.46. The highest BCUT2D eigenvalue weighted by Crippen LogP contribution is 2.29. The fourth-order valence-corrected chi connectivity index (χ4v) is 3.35. The van der Waals surface area contributed by atoms with E-state index in [1.54, 1.807) is 17.9 Å². The zero-order valence-electron chi connectivity index (χ0n) is 14.5. The van der Waals surface area contributed by atoms with E-state index in [1.165, 1.54) is 0 Å². The van der Waals surface area contributed by atoms with Crippen molar-refractivity contribution in [3.63, 3.8) is 0 Å². The van der Waals surface area contributed by atoms with Gasteiger partial charge in [0.05, 0.1) is 11.7 Å². The molecule has 7 heteroatoms. The monoisotopic (exact) mass is 331 g/mol. The standard InChI is InChI=1S/C17H25N5O2/c1-4-22-8-7-18-16(22)15(13-5-9-24-10-6-13)19-17(23)14-11-12(2)20-21(14)3/h7-8,11,13,15H,4-6,9-10H2,1-3H3,(H,19,23). The van der Waals surface area contributed by atoms with Crippen molar-refractivity contribution in [3.05, 3.63) is 35.7 Å². The van der Waals surface area contributed by atoms with Crippen molar-refractivity contribution < 1.29 is 9.53 Å². The smallest absolute Gasteiger partial charge is 0.270 e. The highest BCUT2D eigenvalue weighted by atomic mass is 16.5. The fraction of sp³-hybridized carbons (Fsp3) is 0.588. The number of aryl methyl sites for hydroxylation is 3. The van der Waals surface area contributed by atoms with Crippen molar-refractivity contribution >= 4 is 5.91 Å². The van der Waals surface area contributed by atoms with Crippen molar-refractivity contribution in [3.8, 4) is 0 Å². The van der Waals surface area contributed by atoms with Gasteiger partial charge in [-0.2, -0.15) is 5.10 Å². The first-order valence-corrected chi connectivity index (χ1v) is 8.50. The maximum atomic E-state index is 12.8. The van der Waals surface area contributed by atoms with Crippen LogP contribution < -0.4 is 5.32 Å². The Bertz CT molecular complexity index is 700. The van der Waals surface area contributed by atoms with Gasteiger partial charge < -0.3 is 14.6 Å². The number of imidazole rings is 1. The average molecular weight is 331 g/mol. The van der Waals surface area contributed by atoms with Crippen LogP contribution in [0.4, 0.5) is 0 Å². The minimum absolute atomic E-state index is 0.111. The molecule has 7 nitrogen and oxygen atoms in total. The minimum atomic E-state index is -0.119. The summed E-state index contributed by atoms with van der Waals surface area (Å²) in [5.41, 5.74) is 1.40. The van der Waals surface area contributed by atoms with Gasteiger partial charge in [-0.1, -0.05) is 0 Å². The number of nitrogens with zero attached hydrogens (tertiary/aromatic N) is 4. The highest BCUT2D eigenvalue weighted by Gasteiger charge is 2.30. The van der Waals surface area contributed by atoms with Crippen LogP contribution >= 0.6 is 0 Å². The van der Waals surface area contributed by atoms with Gasteiger partial charge in [-0.3, -0.25) is 9.48 Å². The molecule has 3 heterocycles. The summed E-state index contributed by atoms with van der Waals surface area (Å²) in [4.78, 5) is 17.3. The second-order valence-electron chi connectivity index (χ2n) is 6.27. The molecule has 3 rings (SSSR count). The maximum Gasteiger partial charge on any atom is 0.270 e. The lowest BCUT2D eigenvalue weighted by molar-refractivity contribution is 0.0496. The number of nitrogens with one attached hydrogen (secondary N) is 1. The van der Waals surface area contributed by atoms with Crippen LogP contribution in [-0.4, -0.2) is 38.5 Å². The lowest BCUT2D eigenvalue weighted by Gasteiger charge is -2.30. The van der Waals surface area contributed by atoms with E-state index in [1.807, 2.05) is 19.2 Å². The number of ether oxygens (including phenoxy) is 1. The Balaban J connectivity index is 1.87. The molecule has 1 saturated heterocycles. The Labute approximate surface area is 142 Å². The lowest BCUT2D eigenvalue weighted by Crippen LogP contribution is -2.38. The van der Waals surface area contributed by atoms with Crippen LogP contribution in [0.5, 0.6) is 0 Å². The molecule has 0 spiro atoms. The average Bonchev–Trinajstić information content (AvgIpc) is 3.19. The number of hydrogen-bond acceptors (Lipinski definition) is 4. The summed E-state index contributed by atoms with van der Waals surface area (Å²) in [7, 11) is 1.79. The molecule has 1 N–H and O–H groups in total. The Hall–Kier alpha value is -2.15. The third kappa shape index (κ3) is 3.36. The van der Waals surface area contributed by atoms with E-state index in [9.17, 15) is 4.79 Å². The van der Waals surface area contributed by atoms with E-state index in [4.69, 9.17) is 4.74 Å². The van der Waals surface area contributed by atoms with Gasteiger partial charge >= 0.3 is 0 Å². The van der Waals surface area contributed by atoms with E-state index in [0.717, 1.165) is 44.1 Å². The zero-order chi connectivity index (χ0) is 17.1. The quantitative estimate of drug-likeness (QED) is 0.907. The maximum absolute atomic E-state index is 12.8. The number of aromatic nitrogens is 4. The van der Waals surface area contributed by atoms with Gasteiger partial charge in [0.15, 0.2) is 0 Å². The second kappa shape index (κ2) is 7.17. The molecule has 1 amide bonds. The molecule has 130 valence electrons. The van der Waals surface area contributed by atoms with Crippen molar-refractivity contribution in [2.24, 2.45) is 13.0 Å². The first-order chi connectivity index (χ1) is 11.6. The van der Waals surface area contributed by atoms with Crippen LogP contribution in [0.2, 0.25) is 0 Å². The molecule has 0 aliphatic carbocycles. The topological polar surface area (TPSA) is 74.0 Å². The third-order valence-corrected chi connectivity index (χ3v) is 4.63. The molecule has 1 aliphatic heterocycles. The largest absolute Gasteiger partial charge is 0.381 e.